The molecule has 6 saturated heterocycles. The van der Waals surface area contributed by atoms with Crippen LogP contribution in [0, 0.1) is 0 Å². The van der Waals surface area contributed by atoms with Gasteiger partial charge in [-0.25, -0.2) is 44.7 Å². The summed E-state index contributed by atoms with van der Waals surface area (Å²) in [6, 6.07) is 61.1. The molecule has 742 valence electrons. The fourth-order valence-electron chi connectivity index (χ4n) is 18.8. The third-order valence-corrected chi connectivity index (χ3v) is 26.6. The summed E-state index contributed by atoms with van der Waals surface area (Å²) in [5, 5.41) is 16.8. The van der Waals surface area contributed by atoms with E-state index in [2.05, 4.69) is 130 Å². The molecule has 22 rings (SSSR count). The summed E-state index contributed by atoms with van der Waals surface area (Å²) in [5.74, 6) is 1.81. The predicted molar refractivity (Wildman–Crippen MR) is 558 cm³/mol. The maximum atomic E-state index is 13.3. The van der Waals surface area contributed by atoms with Gasteiger partial charge in [0, 0.05) is 214 Å². The predicted octanol–water partition coefficient (Wildman–Crippen LogP) is 15.6. The highest BCUT2D eigenvalue weighted by atomic mass is 16.5. The number of carbonyl (C=O) groups excluding carboxylic acids is 6. The normalized spacial score (nSPS) is 15.7. The maximum absolute atomic E-state index is 13.3. The molecule has 6 aliphatic heterocycles. The van der Waals surface area contributed by atoms with Crippen molar-refractivity contribution < 1.29 is 38.2 Å². The minimum Gasteiger partial charge on any atom is -0.380 e. The second kappa shape index (κ2) is 46.7. The van der Waals surface area contributed by atoms with Crippen LogP contribution in [0.25, 0.3) is 89.2 Å². The highest BCUT2D eigenvalue weighted by Crippen LogP contribution is 2.33. The van der Waals surface area contributed by atoms with E-state index in [9.17, 15) is 28.8 Å². The molecule has 0 radical (unpaired) electrons. The van der Waals surface area contributed by atoms with E-state index >= 15 is 0 Å². The Hall–Kier alpha value is -16.2. The van der Waals surface area contributed by atoms with Gasteiger partial charge >= 0.3 is 6.03 Å². The molecule has 0 bridgehead atoms. The van der Waals surface area contributed by atoms with Gasteiger partial charge in [0.25, 0.3) is 23.6 Å². The quantitative estimate of drug-likeness (QED) is 0.0263. The number of hydrogen-bond acceptors (Lipinski definition) is 27. The number of anilines is 8. The van der Waals surface area contributed by atoms with Crippen molar-refractivity contribution in [3.63, 3.8) is 0 Å². The Morgan fingerprint density at radius 2 is 0.745 bits per heavy atom. The molecule has 0 saturated carbocycles. The van der Waals surface area contributed by atoms with E-state index in [1.165, 1.54) is 37.9 Å². The van der Waals surface area contributed by atoms with Gasteiger partial charge < -0.3 is 89.9 Å². The summed E-state index contributed by atoms with van der Waals surface area (Å²) in [6.07, 6.45) is 23.1. The summed E-state index contributed by atoms with van der Waals surface area (Å²) >= 11 is 0. The summed E-state index contributed by atoms with van der Waals surface area (Å²) in [7, 11) is 5.74. The van der Waals surface area contributed by atoms with Crippen molar-refractivity contribution >= 4 is 126 Å². The third-order valence-electron chi connectivity index (χ3n) is 26.6. The first kappa shape index (κ1) is 97.6. The molecule has 16 aromatic rings. The lowest BCUT2D eigenvalue weighted by atomic mass is 10.0. The topological polar surface area (TPSA) is 416 Å². The van der Waals surface area contributed by atoms with Crippen LogP contribution in [0.4, 0.5) is 51.3 Å². The highest BCUT2D eigenvalue weighted by molar-refractivity contribution is 6.03. The average molecular weight is 1950 g/mol. The third kappa shape index (κ3) is 25.1. The number of nitrogens with zero attached hydrogens (tertiary/aromatic N) is 21. The van der Waals surface area contributed by atoms with Gasteiger partial charge in [-0.1, -0.05) is 24.3 Å². The number of nitrogens with one attached hydrogen (secondary N) is 8. The molecule has 0 aliphatic carbocycles. The number of aromatic nitrogens is 16. The smallest absolute Gasteiger partial charge is 0.326 e. The van der Waals surface area contributed by atoms with Crippen LogP contribution < -0.4 is 21.3 Å². The first-order valence-corrected chi connectivity index (χ1v) is 49.6. The van der Waals surface area contributed by atoms with Gasteiger partial charge in [-0.15, -0.1) is 0 Å². The van der Waals surface area contributed by atoms with Gasteiger partial charge in [0.2, 0.25) is 29.7 Å². The monoisotopic (exact) mass is 1950 g/mol. The van der Waals surface area contributed by atoms with Crippen molar-refractivity contribution in [1.29, 1.82) is 0 Å². The van der Waals surface area contributed by atoms with E-state index in [0.29, 0.717) is 112 Å². The lowest BCUT2D eigenvalue weighted by Crippen LogP contribution is -2.56. The van der Waals surface area contributed by atoms with Gasteiger partial charge in [0.05, 0.1) is 64.9 Å². The molecule has 7 amide bonds. The number of piperidine rings is 2. The molecular weight excluding hydrogens is 1830 g/mol. The summed E-state index contributed by atoms with van der Waals surface area (Å²) in [4.78, 5) is 161. The number of rotatable bonds is 25. The number of fused-ring (bicyclic) bond motifs is 4. The molecule has 37 nitrogen and oxygen atoms in total. The van der Waals surface area contributed by atoms with Crippen LogP contribution in [-0.4, -0.2) is 317 Å². The summed E-state index contributed by atoms with van der Waals surface area (Å²) in [6.45, 7) is 15.5. The number of likely N-dealkylation sites (tertiary alicyclic amines) is 3. The van der Waals surface area contributed by atoms with Crippen molar-refractivity contribution in [1.82, 2.24) is 124 Å². The highest BCUT2D eigenvalue weighted by Gasteiger charge is 2.37. The van der Waals surface area contributed by atoms with E-state index in [-0.39, 0.29) is 47.7 Å². The number of amides is 7. The molecule has 145 heavy (non-hydrogen) atoms. The minimum atomic E-state index is -0.245. The number of urea groups is 1. The molecule has 6 fully saturated rings. The molecule has 18 heterocycles. The molecule has 0 unspecified atom stereocenters. The molecule has 37 heteroatoms. The molecular formula is C108H117N29O8. The number of pyridine rings is 4. The average Bonchev–Trinajstić information content (AvgIpc) is 1.77. The van der Waals surface area contributed by atoms with Crippen molar-refractivity contribution in [3.05, 3.63) is 266 Å². The fraction of sp³-hybridized carbons (Fsp3) is 0.315. The molecule has 0 atom stereocenters. The molecule has 0 spiro atoms. The number of imide groups is 1. The number of H-pyrrole nitrogens is 4. The minimum absolute atomic E-state index is 0.00241. The first-order chi connectivity index (χ1) is 71.0. The zero-order valence-electron chi connectivity index (χ0n) is 81.4. The fourth-order valence-corrected chi connectivity index (χ4v) is 18.8. The van der Waals surface area contributed by atoms with Crippen LogP contribution in [0.1, 0.15) is 106 Å². The Bertz CT molecular complexity index is 7140. The standard InChI is InChI=1S/C29H33N7O2.C28H28N8O3.C28H34N8O.C23H22N6O2/c37-28(36-15-9-23(10-16-36)38-18-17-35-13-3-4-14-35)27-20-21-19-22(6-7-24(21)33-27)32-29-31-12-8-26(34-29)25-5-1-2-11-30-25;1-34-25(37)10-15-36(28(34)39)20-8-13-35(14-9-20)26(38)24-17-18-16-19(5-6-21(18)32-24)31-27-30-12-7-23(33-27)22-4-2-3-11-29-22;1-34(2)13-5-14-35-15-6-16-36(18-17-35)27(37)26-20-21-19-22(8-9-23(21)32-26)31-28-30-12-10-25(33-28)24-7-3-4-11-29-24;30-22(29-10-3-12-31-13-11-29)21-15-16-14-17(5-6-18(16)27-21)26-23-25-9-7-20(28-23)19-4-1-2-8-24-19/h1-2,5-8,11-12,19-20,23,33H,3-4,9-10,13-18H2,(H,31,32,34);2-7,11-12,16-17,20,32H,8-10,13-15H2,1H3,(H,30,31,33);3-4,7-12,19-20,32H,5-6,13-18H2,1-2H3,(H,30,31,33);1-2,4-9,14-15,27H,3,10-13H2,(H,25,26,28). The van der Waals surface area contributed by atoms with Crippen LogP contribution in [0.15, 0.2) is 244 Å². The van der Waals surface area contributed by atoms with Crippen LogP contribution in [0.2, 0.25) is 0 Å². The molecule has 12 aromatic heterocycles. The second-order valence-corrected chi connectivity index (χ2v) is 36.9. The van der Waals surface area contributed by atoms with Gasteiger partial charge in [-0.05, 0) is 274 Å². The number of aromatic amines is 4. The SMILES string of the molecule is CN(C)CCCN1CCCN(C(=O)c2cc3cc(Nc4nccc(-c5ccccn5)n4)ccc3[nH]2)CC1.CN1C(=O)CCN(C2CCN(C(=O)c3cc4cc(Nc5nccc(-c6ccccn6)n5)ccc4[nH]3)CC2)C1=O.O=C(c1cc2cc(Nc3nccc(-c4ccccn4)n3)ccc2[nH]1)N1CCC(OCCN2CCCC2)CC1.O=C(c1cc2cc(Nc3nccc(-c4ccccn4)n3)ccc2[nH]1)N1CCCOCC1. The van der Waals surface area contributed by atoms with Crippen LogP contribution >= 0.6 is 0 Å². The van der Waals surface area contributed by atoms with Gasteiger partial charge in [-0.2, -0.15) is 0 Å². The van der Waals surface area contributed by atoms with Crippen LogP contribution in [0.3, 0.4) is 0 Å². The van der Waals surface area contributed by atoms with E-state index < -0.39 is 0 Å². The lowest BCUT2D eigenvalue weighted by molar-refractivity contribution is -0.130. The van der Waals surface area contributed by atoms with Crippen LogP contribution in [-0.2, 0) is 14.3 Å². The van der Waals surface area contributed by atoms with Crippen LogP contribution in [0.5, 0.6) is 0 Å². The van der Waals surface area contributed by atoms with E-state index in [0.717, 1.165) is 210 Å². The Balaban J connectivity index is 0.000000123. The van der Waals surface area contributed by atoms with Gasteiger partial charge in [0.15, 0.2) is 0 Å². The lowest BCUT2D eigenvalue weighted by Gasteiger charge is -2.41. The number of ether oxygens (including phenoxy) is 2. The number of benzene rings is 4. The molecule has 8 N–H and O–H groups in total. The first-order valence-electron chi connectivity index (χ1n) is 49.6. The number of carbonyl (C=O) groups is 6. The Labute approximate surface area is 838 Å². The van der Waals surface area contributed by atoms with E-state index in [4.69, 9.17) is 9.47 Å². The maximum Gasteiger partial charge on any atom is 0.326 e. The zero-order chi connectivity index (χ0) is 99.3. The summed E-state index contributed by atoms with van der Waals surface area (Å²) < 4.78 is 11.6. The Morgan fingerprint density at radius 1 is 0.372 bits per heavy atom. The van der Waals surface area contributed by atoms with E-state index in [1.54, 1.807) is 54.5 Å². The van der Waals surface area contributed by atoms with E-state index in [1.807, 2.05) is 214 Å². The zero-order valence-corrected chi connectivity index (χ0v) is 81.4. The Morgan fingerprint density at radius 3 is 1.14 bits per heavy atom. The second-order valence-electron chi connectivity index (χ2n) is 36.9. The summed E-state index contributed by atoms with van der Waals surface area (Å²) in [5.41, 5.74) is 15.4. The number of hydrogen-bond donors (Lipinski definition) is 8. The largest absolute Gasteiger partial charge is 0.380 e. The van der Waals surface area contributed by atoms with Gasteiger partial charge in [-0.3, -0.25) is 48.8 Å². The Kier molecular flexibility index (Phi) is 31.4. The van der Waals surface area contributed by atoms with Crippen molar-refractivity contribution in [2.24, 2.45) is 0 Å². The van der Waals surface area contributed by atoms with Gasteiger partial charge in [0.1, 0.15) is 22.8 Å². The van der Waals surface area contributed by atoms with Crippen molar-refractivity contribution in [2.75, 3.05) is 167 Å². The molecule has 6 aliphatic rings. The van der Waals surface area contributed by atoms with Crippen molar-refractivity contribution in [3.8, 4) is 45.6 Å². The van der Waals surface area contributed by atoms with Crippen molar-refractivity contribution in [2.45, 2.75) is 76.4 Å². The molecule has 4 aromatic carbocycles.